The van der Waals surface area contributed by atoms with Gasteiger partial charge in [-0.05, 0) is 37.0 Å². The third-order valence-electron chi connectivity index (χ3n) is 3.78. The van der Waals surface area contributed by atoms with Gasteiger partial charge in [-0.25, -0.2) is 0 Å². The van der Waals surface area contributed by atoms with Gasteiger partial charge in [0.05, 0.1) is 11.7 Å². The normalized spacial score (nSPS) is 23.7. The van der Waals surface area contributed by atoms with E-state index >= 15 is 0 Å². The predicted octanol–water partition coefficient (Wildman–Crippen LogP) is 3.24. The monoisotopic (exact) mass is 303 g/mol. The fourth-order valence-corrected chi connectivity index (χ4v) is 2.58. The Morgan fingerprint density at radius 1 is 1.19 bits per heavy atom. The SMILES string of the molecule is NCc1ccc(OC2CCCCCC2O)c(C(F)(F)F)c1. The Kier molecular flexibility index (Phi) is 5.11. The molecular weight excluding hydrogens is 283 g/mol. The maximum atomic E-state index is 13.1. The molecule has 2 unspecified atom stereocenters. The van der Waals surface area contributed by atoms with Gasteiger partial charge in [-0.1, -0.05) is 18.9 Å². The molecule has 1 fully saturated rings. The lowest BCUT2D eigenvalue weighted by Crippen LogP contribution is -2.31. The molecule has 1 aromatic carbocycles. The van der Waals surface area contributed by atoms with Crippen LogP contribution in [0.25, 0.3) is 0 Å². The van der Waals surface area contributed by atoms with Crippen LogP contribution in [0.3, 0.4) is 0 Å². The van der Waals surface area contributed by atoms with Gasteiger partial charge in [-0.2, -0.15) is 13.2 Å². The van der Waals surface area contributed by atoms with E-state index in [0.29, 0.717) is 18.4 Å². The molecule has 0 amide bonds. The zero-order chi connectivity index (χ0) is 15.5. The molecule has 1 aromatic rings. The predicted molar refractivity (Wildman–Crippen MR) is 72.8 cm³/mol. The lowest BCUT2D eigenvalue weighted by Gasteiger charge is -2.24. The standard InChI is InChI=1S/C15H20F3NO2/c16-15(17,18)11-8-10(9-19)6-7-13(11)21-14-5-3-1-2-4-12(14)20/h6-8,12,14,20H,1-5,9,19H2. The van der Waals surface area contributed by atoms with Gasteiger partial charge in [0.15, 0.2) is 0 Å². The molecular formula is C15H20F3NO2. The molecule has 3 N–H and O–H groups in total. The topological polar surface area (TPSA) is 55.5 Å². The molecule has 0 bridgehead atoms. The molecule has 0 aliphatic heterocycles. The molecule has 6 heteroatoms. The van der Waals surface area contributed by atoms with Crippen molar-refractivity contribution in [1.29, 1.82) is 0 Å². The Morgan fingerprint density at radius 3 is 2.57 bits per heavy atom. The van der Waals surface area contributed by atoms with Crippen LogP contribution in [-0.2, 0) is 12.7 Å². The van der Waals surface area contributed by atoms with Crippen molar-refractivity contribution in [1.82, 2.24) is 0 Å². The van der Waals surface area contributed by atoms with Crippen LogP contribution >= 0.6 is 0 Å². The first-order chi connectivity index (χ1) is 9.91. The summed E-state index contributed by atoms with van der Waals surface area (Å²) in [5.74, 6) is -0.231. The van der Waals surface area contributed by atoms with Crippen LogP contribution in [0.1, 0.15) is 43.2 Å². The molecule has 2 rings (SSSR count). The molecule has 0 radical (unpaired) electrons. The largest absolute Gasteiger partial charge is 0.487 e. The second kappa shape index (κ2) is 6.66. The Balaban J connectivity index is 2.26. The lowest BCUT2D eigenvalue weighted by atomic mass is 10.1. The number of ether oxygens (including phenoxy) is 1. The Bertz CT molecular complexity index is 476. The number of nitrogens with two attached hydrogens (primary N) is 1. The highest BCUT2D eigenvalue weighted by molar-refractivity contribution is 5.39. The molecule has 0 aromatic heterocycles. The second-order valence-corrected chi connectivity index (χ2v) is 5.39. The van der Waals surface area contributed by atoms with Crippen molar-refractivity contribution in [2.45, 2.75) is 57.0 Å². The molecule has 3 nitrogen and oxygen atoms in total. The van der Waals surface area contributed by atoms with Crippen LogP contribution in [0.5, 0.6) is 5.75 Å². The molecule has 1 saturated carbocycles. The third-order valence-corrected chi connectivity index (χ3v) is 3.78. The summed E-state index contributed by atoms with van der Waals surface area (Å²) in [6, 6.07) is 3.83. The first kappa shape index (κ1) is 16.1. The molecule has 2 atom stereocenters. The molecule has 1 aliphatic carbocycles. The minimum Gasteiger partial charge on any atom is -0.487 e. The summed E-state index contributed by atoms with van der Waals surface area (Å²) in [5.41, 5.74) is 4.96. The van der Waals surface area contributed by atoms with Gasteiger partial charge in [-0.15, -0.1) is 0 Å². The van der Waals surface area contributed by atoms with E-state index < -0.39 is 23.9 Å². The summed E-state index contributed by atoms with van der Waals surface area (Å²) >= 11 is 0. The Hall–Kier alpha value is -1.27. The maximum absolute atomic E-state index is 13.1. The number of rotatable bonds is 3. The number of aliphatic hydroxyl groups is 1. The van der Waals surface area contributed by atoms with Gasteiger partial charge in [0, 0.05) is 6.54 Å². The lowest BCUT2D eigenvalue weighted by molar-refractivity contribution is -0.139. The van der Waals surface area contributed by atoms with E-state index in [1.165, 1.54) is 12.1 Å². The van der Waals surface area contributed by atoms with Gasteiger partial charge in [0.1, 0.15) is 11.9 Å². The maximum Gasteiger partial charge on any atom is 0.419 e. The summed E-state index contributed by atoms with van der Waals surface area (Å²) in [5, 5.41) is 9.98. The number of alkyl halides is 3. The minimum atomic E-state index is -4.50. The molecule has 118 valence electrons. The average molecular weight is 303 g/mol. The summed E-state index contributed by atoms with van der Waals surface area (Å²) in [4.78, 5) is 0. The van der Waals surface area contributed by atoms with E-state index in [9.17, 15) is 18.3 Å². The smallest absolute Gasteiger partial charge is 0.419 e. The molecule has 21 heavy (non-hydrogen) atoms. The van der Waals surface area contributed by atoms with Crippen molar-refractivity contribution < 1.29 is 23.0 Å². The number of aliphatic hydroxyl groups excluding tert-OH is 1. The van der Waals surface area contributed by atoms with E-state index in [4.69, 9.17) is 10.5 Å². The first-order valence-corrected chi connectivity index (χ1v) is 7.16. The van der Waals surface area contributed by atoms with E-state index in [-0.39, 0.29) is 12.3 Å². The highest BCUT2D eigenvalue weighted by atomic mass is 19.4. The van der Waals surface area contributed by atoms with Crippen LogP contribution in [0, 0.1) is 0 Å². The second-order valence-electron chi connectivity index (χ2n) is 5.39. The minimum absolute atomic E-state index is 0.0371. The zero-order valence-corrected chi connectivity index (χ0v) is 11.7. The van der Waals surface area contributed by atoms with E-state index in [1.54, 1.807) is 0 Å². The van der Waals surface area contributed by atoms with Crippen LogP contribution in [0.4, 0.5) is 13.2 Å². The summed E-state index contributed by atoms with van der Waals surface area (Å²) < 4.78 is 44.8. The quantitative estimate of drug-likeness (QED) is 0.843. The molecule has 0 saturated heterocycles. The summed E-state index contributed by atoms with van der Waals surface area (Å²) in [7, 11) is 0. The number of hydrogen-bond donors (Lipinski definition) is 2. The van der Waals surface area contributed by atoms with Crippen molar-refractivity contribution in [3.63, 3.8) is 0 Å². The number of halogens is 3. The van der Waals surface area contributed by atoms with Crippen molar-refractivity contribution in [2.75, 3.05) is 0 Å². The highest BCUT2D eigenvalue weighted by Gasteiger charge is 2.36. The van der Waals surface area contributed by atoms with Gasteiger partial charge < -0.3 is 15.6 Å². The third kappa shape index (κ3) is 4.11. The van der Waals surface area contributed by atoms with E-state index in [2.05, 4.69) is 0 Å². The van der Waals surface area contributed by atoms with Crippen LogP contribution in [0.15, 0.2) is 18.2 Å². The van der Waals surface area contributed by atoms with Crippen LogP contribution in [0.2, 0.25) is 0 Å². The highest BCUT2D eigenvalue weighted by Crippen LogP contribution is 2.38. The average Bonchev–Trinajstić information content (AvgIpc) is 2.63. The zero-order valence-electron chi connectivity index (χ0n) is 11.7. The van der Waals surface area contributed by atoms with E-state index in [0.717, 1.165) is 25.3 Å². The van der Waals surface area contributed by atoms with Crippen LogP contribution < -0.4 is 10.5 Å². The summed E-state index contributed by atoms with van der Waals surface area (Å²) in [6.45, 7) is 0.0371. The Labute approximate surface area is 121 Å². The van der Waals surface area contributed by atoms with Gasteiger partial charge in [-0.3, -0.25) is 0 Å². The van der Waals surface area contributed by atoms with Gasteiger partial charge >= 0.3 is 6.18 Å². The van der Waals surface area contributed by atoms with E-state index in [1.807, 2.05) is 0 Å². The summed E-state index contributed by atoms with van der Waals surface area (Å²) in [6.07, 6.45) is -1.99. The first-order valence-electron chi connectivity index (χ1n) is 7.16. The molecule has 1 aliphatic rings. The molecule has 0 spiro atoms. The van der Waals surface area contributed by atoms with Crippen molar-refractivity contribution >= 4 is 0 Å². The van der Waals surface area contributed by atoms with Gasteiger partial charge in [0.2, 0.25) is 0 Å². The fraction of sp³-hybridized carbons (Fsp3) is 0.600. The number of hydrogen-bond acceptors (Lipinski definition) is 3. The van der Waals surface area contributed by atoms with Gasteiger partial charge in [0.25, 0.3) is 0 Å². The Morgan fingerprint density at radius 2 is 1.90 bits per heavy atom. The van der Waals surface area contributed by atoms with Crippen molar-refractivity contribution in [2.24, 2.45) is 5.73 Å². The van der Waals surface area contributed by atoms with Crippen molar-refractivity contribution in [3.8, 4) is 5.75 Å². The van der Waals surface area contributed by atoms with Crippen LogP contribution in [-0.4, -0.2) is 17.3 Å². The number of benzene rings is 1. The fourth-order valence-electron chi connectivity index (χ4n) is 2.58. The molecule has 0 heterocycles. The van der Waals surface area contributed by atoms with Crippen molar-refractivity contribution in [3.05, 3.63) is 29.3 Å².